The molecule has 0 saturated carbocycles. The van der Waals surface area contributed by atoms with Crippen molar-refractivity contribution in [2.45, 2.75) is 19.1 Å². The van der Waals surface area contributed by atoms with Crippen LogP contribution in [0.4, 0.5) is 0 Å². The largest absolute Gasteiger partial charge is 0.389 e. The van der Waals surface area contributed by atoms with Crippen molar-refractivity contribution in [3.8, 4) is 0 Å². The highest BCUT2D eigenvalue weighted by Gasteiger charge is 2.12. The van der Waals surface area contributed by atoms with Gasteiger partial charge in [0.1, 0.15) is 5.69 Å². The number of amides is 1. The number of hydrogen-bond acceptors (Lipinski definition) is 4. The van der Waals surface area contributed by atoms with E-state index < -0.39 is 6.10 Å². The van der Waals surface area contributed by atoms with Crippen molar-refractivity contribution in [1.29, 1.82) is 0 Å². The van der Waals surface area contributed by atoms with Gasteiger partial charge in [-0.2, -0.15) is 0 Å². The average molecular weight is 335 g/mol. The number of rotatable bonds is 7. The lowest BCUT2D eigenvalue weighted by molar-refractivity contribution is -0.00173. The second-order valence-corrected chi connectivity index (χ2v) is 5.55. The summed E-state index contributed by atoms with van der Waals surface area (Å²) >= 11 is 5.71. The summed E-state index contributed by atoms with van der Waals surface area (Å²) in [6, 6.07) is 12.8. The number of aliphatic hydroxyl groups excluding tert-OH is 1. The molecule has 2 atom stereocenters. The van der Waals surface area contributed by atoms with Crippen molar-refractivity contribution in [3.05, 3.63) is 64.9 Å². The second kappa shape index (κ2) is 8.62. The van der Waals surface area contributed by atoms with Gasteiger partial charge >= 0.3 is 0 Å². The molecule has 6 heteroatoms. The van der Waals surface area contributed by atoms with Crippen LogP contribution in [0.15, 0.2) is 48.7 Å². The van der Waals surface area contributed by atoms with E-state index in [1.807, 2.05) is 37.3 Å². The van der Waals surface area contributed by atoms with Gasteiger partial charge in [-0.15, -0.1) is 0 Å². The number of benzene rings is 1. The monoisotopic (exact) mass is 334 g/mol. The maximum absolute atomic E-state index is 11.9. The molecule has 0 spiro atoms. The van der Waals surface area contributed by atoms with E-state index in [9.17, 15) is 9.90 Å². The maximum Gasteiger partial charge on any atom is 0.269 e. The third-order valence-corrected chi connectivity index (χ3v) is 3.49. The minimum Gasteiger partial charge on any atom is -0.389 e. The highest BCUT2D eigenvalue weighted by Crippen LogP contribution is 2.15. The van der Waals surface area contributed by atoms with Crippen molar-refractivity contribution in [1.82, 2.24) is 10.3 Å². The van der Waals surface area contributed by atoms with E-state index in [1.165, 1.54) is 12.3 Å². The lowest BCUT2D eigenvalue weighted by Gasteiger charge is -2.17. The molecule has 0 saturated heterocycles. The fourth-order valence-corrected chi connectivity index (χ4v) is 2.06. The maximum atomic E-state index is 11.9. The quantitative estimate of drug-likeness (QED) is 0.816. The number of carbonyl (C=O) groups excluding carboxylic acids is 1. The molecule has 122 valence electrons. The number of aliphatic hydroxyl groups is 1. The molecule has 1 aromatic carbocycles. The molecular weight excluding hydrogens is 316 g/mol. The smallest absolute Gasteiger partial charge is 0.269 e. The average Bonchev–Trinajstić information content (AvgIpc) is 2.59. The summed E-state index contributed by atoms with van der Waals surface area (Å²) in [5, 5.41) is 13.0. The summed E-state index contributed by atoms with van der Waals surface area (Å²) in [6.07, 6.45) is 0.481. The van der Waals surface area contributed by atoms with Gasteiger partial charge in [-0.1, -0.05) is 41.9 Å². The fraction of sp³-hybridized carbons (Fsp3) is 0.294. The van der Waals surface area contributed by atoms with Crippen molar-refractivity contribution < 1.29 is 14.6 Å². The molecular formula is C17H19ClN2O3. The van der Waals surface area contributed by atoms with E-state index in [2.05, 4.69) is 10.3 Å². The van der Waals surface area contributed by atoms with Crippen LogP contribution >= 0.6 is 11.6 Å². The van der Waals surface area contributed by atoms with Gasteiger partial charge in [0.2, 0.25) is 0 Å². The molecule has 0 fully saturated rings. The lowest BCUT2D eigenvalue weighted by atomic mass is 10.1. The van der Waals surface area contributed by atoms with E-state index in [4.69, 9.17) is 16.3 Å². The minimum absolute atomic E-state index is 0.0879. The molecule has 1 heterocycles. The molecule has 23 heavy (non-hydrogen) atoms. The van der Waals surface area contributed by atoms with Crippen LogP contribution in [-0.4, -0.2) is 35.3 Å². The molecule has 0 aliphatic carbocycles. The standard InChI is InChI=1S/C17H19ClN2O3/c1-12(13-5-3-2-4-6-13)23-11-15(21)10-20-17(22)16-8-7-14(18)9-19-16/h2-9,12,15,21H,10-11H2,1H3,(H,20,22). The summed E-state index contributed by atoms with van der Waals surface area (Å²) in [5.41, 5.74) is 1.29. The molecule has 2 aromatic rings. The highest BCUT2D eigenvalue weighted by atomic mass is 35.5. The van der Waals surface area contributed by atoms with Crippen molar-refractivity contribution in [2.24, 2.45) is 0 Å². The number of halogens is 1. The first-order valence-electron chi connectivity index (χ1n) is 7.30. The molecule has 0 aliphatic heterocycles. The SMILES string of the molecule is CC(OCC(O)CNC(=O)c1ccc(Cl)cn1)c1ccccc1. The Morgan fingerprint density at radius 3 is 2.70 bits per heavy atom. The Kier molecular flexibility index (Phi) is 6.52. The number of ether oxygens (including phenoxy) is 1. The summed E-state index contributed by atoms with van der Waals surface area (Å²) in [4.78, 5) is 15.8. The Balaban J connectivity index is 1.73. The number of carbonyl (C=O) groups is 1. The Bertz CT molecular complexity index is 619. The molecule has 0 radical (unpaired) electrons. The van der Waals surface area contributed by atoms with E-state index in [0.29, 0.717) is 5.02 Å². The van der Waals surface area contributed by atoms with Crippen molar-refractivity contribution in [3.63, 3.8) is 0 Å². The van der Waals surface area contributed by atoms with E-state index in [-0.39, 0.29) is 30.9 Å². The first kappa shape index (κ1) is 17.4. The number of hydrogen-bond donors (Lipinski definition) is 2. The van der Waals surface area contributed by atoms with Crippen LogP contribution in [0.3, 0.4) is 0 Å². The summed E-state index contributed by atoms with van der Waals surface area (Å²) in [7, 11) is 0. The van der Waals surface area contributed by atoms with Crippen LogP contribution in [0.25, 0.3) is 0 Å². The summed E-state index contributed by atoms with van der Waals surface area (Å²) in [6.45, 7) is 2.13. The zero-order chi connectivity index (χ0) is 16.7. The number of aromatic nitrogens is 1. The van der Waals surface area contributed by atoms with Crippen LogP contribution in [0.5, 0.6) is 0 Å². The normalized spacial score (nSPS) is 13.3. The topological polar surface area (TPSA) is 71.5 Å². The predicted molar refractivity (Wildman–Crippen MR) is 88.4 cm³/mol. The Morgan fingerprint density at radius 2 is 2.04 bits per heavy atom. The van der Waals surface area contributed by atoms with Crippen LogP contribution in [0, 0.1) is 0 Å². The molecule has 5 nitrogen and oxygen atoms in total. The highest BCUT2D eigenvalue weighted by molar-refractivity contribution is 6.30. The van der Waals surface area contributed by atoms with Crippen molar-refractivity contribution in [2.75, 3.05) is 13.2 Å². The lowest BCUT2D eigenvalue weighted by Crippen LogP contribution is -2.35. The van der Waals surface area contributed by atoms with Gasteiger partial charge in [-0.05, 0) is 24.6 Å². The van der Waals surface area contributed by atoms with Gasteiger partial charge in [0.05, 0.1) is 23.8 Å². The predicted octanol–water partition coefficient (Wildman–Crippen LogP) is 2.60. The van der Waals surface area contributed by atoms with Crippen LogP contribution in [0.2, 0.25) is 5.02 Å². The summed E-state index contributed by atoms with van der Waals surface area (Å²) < 4.78 is 5.61. The fourth-order valence-electron chi connectivity index (χ4n) is 1.95. The molecule has 2 unspecified atom stereocenters. The third kappa shape index (κ3) is 5.63. The minimum atomic E-state index is -0.794. The molecule has 0 aliphatic rings. The van der Waals surface area contributed by atoms with Crippen molar-refractivity contribution >= 4 is 17.5 Å². The molecule has 1 amide bonds. The molecule has 1 aromatic heterocycles. The zero-order valence-electron chi connectivity index (χ0n) is 12.8. The second-order valence-electron chi connectivity index (χ2n) is 5.11. The number of pyridine rings is 1. The Hall–Kier alpha value is -1.95. The molecule has 2 rings (SSSR count). The van der Waals surface area contributed by atoms with Gasteiger partial charge < -0.3 is 15.2 Å². The zero-order valence-corrected chi connectivity index (χ0v) is 13.5. The Morgan fingerprint density at radius 1 is 1.30 bits per heavy atom. The van der Waals surface area contributed by atoms with Gasteiger partial charge in [0.25, 0.3) is 5.91 Å². The first-order valence-corrected chi connectivity index (χ1v) is 7.68. The Labute approximate surface area is 140 Å². The number of nitrogens with zero attached hydrogens (tertiary/aromatic N) is 1. The van der Waals surface area contributed by atoms with Crippen LogP contribution in [0.1, 0.15) is 29.1 Å². The third-order valence-electron chi connectivity index (χ3n) is 3.27. The molecule has 0 bridgehead atoms. The van der Waals surface area contributed by atoms with Crippen LogP contribution < -0.4 is 5.32 Å². The summed E-state index contributed by atoms with van der Waals surface area (Å²) in [5.74, 6) is -0.364. The first-order chi connectivity index (χ1) is 11.1. The van der Waals surface area contributed by atoms with Gasteiger partial charge in [-0.25, -0.2) is 4.98 Å². The van der Waals surface area contributed by atoms with Crippen LogP contribution in [-0.2, 0) is 4.74 Å². The van der Waals surface area contributed by atoms with Gasteiger partial charge in [0.15, 0.2) is 0 Å². The van der Waals surface area contributed by atoms with Gasteiger partial charge in [0, 0.05) is 12.7 Å². The molecule has 2 N–H and O–H groups in total. The number of nitrogens with one attached hydrogen (secondary N) is 1. The van der Waals surface area contributed by atoms with E-state index in [1.54, 1.807) is 6.07 Å². The van der Waals surface area contributed by atoms with Gasteiger partial charge in [-0.3, -0.25) is 4.79 Å². The van der Waals surface area contributed by atoms with E-state index >= 15 is 0 Å². The van der Waals surface area contributed by atoms with E-state index in [0.717, 1.165) is 5.56 Å².